The Morgan fingerprint density at radius 3 is 2.57 bits per heavy atom. The van der Waals surface area contributed by atoms with Gasteiger partial charge in [-0.1, -0.05) is 0 Å². The second kappa shape index (κ2) is 6.14. The molecule has 0 unspecified atom stereocenters. The Kier molecular flexibility index (Phi) is 4.24. The number of carbonyl (C=O) groups excluding carboxylic acids is 1. The fourth-order valence-electron chi connectivity index (χ4n) is 3.61. The lowest BCUT2D eigenvalue weighted by Crippen LogP contribution is -2.40. The van der Waals surface area contributed by atoms with Crippen molar-refractivity contribution in [2.24, 2.45) is 5.41 Å². The molecule has 0 radical (unpaired) electrons. The molecule has 114 valence electrons. The summed E-state index contributed by atoms with van der Waals surface area (Å²) in [4.78, 5) is 20.9. The average Bonchev–Trinajstić information content (AvgIpc) is 2.93. The van der Waals surface area contributed by atoms with Crippen LogP contribution in [0, 0.1) is 5.41 Å². The first kappa shape index (κ1) is 14.5. The van der Waals surface area contributed by atoms with E-state index in [4.69, 9.17) is 0 Å². The standard InChI is InChI=1S/C17H25N3O/c1-19-11-6-17(7-12-19)8-13-20(14-17)16(21)3-2-15-4-9-18-10-5-15/h4-5,9-10H,2-3,6-8,11-14H2,1H3. The lowest BCUT2D eigenvalue weighted by molar-refractivity contribution is -0.130. The van der Waals surface area contributed by atoms with Gasteiger partial charge >= 0.3 is 0 Å². The van der Waals surface area contributed by atoms with E-state index in [2.05, 4.69) is 21.8 Å². The van der Waals surface area contributed by atoms with Crippen LogP contribution in [0.4, 0.5) is 0 Å². The summed E-state index contributed by atoms with van der Waals surface area (Å²) in [6.45, 7) is 4.30. The van der Waals surface area contributed by atoms with E-state index < -0.39 is 0 Å². The molecule has 3 heterocycles. The zero-order valence-corrected chi connectivity index (χ0v) is 12.9. The van der Waals surface area contributed by atoms with Crippen LogP contribution < -0.4 is 0 Å². The molecule has 0 aromatic carbocycles. The summed E-state index contributed by atoms with van der Waals surface area (Å²) in [7, 11) is 2.19. The third kappa shape index (κ3) is 3.43. The van der Waals surface area contributed by atoms with Crippen LogP contribution in [0.1, 0.15) is 31.2 Å². The Morgan fingerprint density at radius 1 is 1.19 bits per heavy atom. The molecule has 2 fully saturated rings. The van der Waals surface area contributed by atoms with Crippen molar-refractivity contribution >= 4 is 5.91 Å². The average molecular weight is 287 g/mol. The van der Waals surface area contributed by atoms with Crippen LogP contribution in [0.25, 0.3) is 0 Å². The van der Waals surface area contributed by atoms with Gasteiger partial charge in [0.05, 0.1) is 0 Å². The van der Waals surface area contributed by atoms with Crippen LogP contribution in [0.15, 0.2) is 24.5 Å². The number of rotatable bonds is 3. The Labute approximate surface area is 127 Å². The molecule has 0 N–H and O–H groups in total. The van der Waals surface area contributed by atoms with E-state index in [9.17, 15) is 4.79 Å². The summed E-state index contributed by atoms with van der Waals surface area (Å²) in [6, 6.07) is 3.99. The minimum atomic E-state index is 0.322. The summed E-state index contributed by atoms with van der Waals surface area (Å²) in [5, 5.41) is 0. The van der Waals surface area contributed by atoms with Crippen molar-refractivity contribution in [1.82, 2.24) is 14.8 Å². The molecule has 2 aliphatic rings. The van der Waals surface area contributed by atoms with Crippen LogP contribution in [0.5, 0.6) is 0 Å². The largest absolute Gasteiger partial charge is 0.342 e. The summed E-state index contributed by atoms with van der Waals surface area (Å²) in [5.41, 5.74) is 1.62. The number of amides is 1. The van der Waals surface area contributed by atoms with E-state index in [1.54, 1.807) is 12.4 Å². The molecule has 1 amide bonds. The molecule has 0 atom stereocenters. The van der Waals surface area contributed by atoms with Crippen LogP contribution in [0.2, 0.25) is 0 Å². The fraction of sp³-hybridized carbons (Fsp3) is 0.647. The maximum absolute atomic E-state index is 12.4. The first-order chi connectivity index (χ1) is 10.2. The van der Waals surface area contributed by atoms with Crippen molar-refractivity contribution in [3.05, 3.63) is 30.1 Å². The number of likely N-dealkylation sites (tertiary alicyclic amines) is 2. The van der Waals surface area contributed by atoms with Gasteiger partial charge in [-0.15, -0.1) is 0 Å². The predicted molar refractivity (Wildman–Crippen MR) is 82.9 cm³/mol. The molecule has 0 saturated carbocycles. The van der Waals surface area contributed by atoms with E-state index in [0.717, 1.165) is 19.5 Å². The van der Waals surface area contributed by atoms with Gasteiger partial charge in [0.15, 0.2) is 0 Å². The van der Waals surface area contributed by atoms with Crippen LogP contribution in [-0.2, 0) is 11.2 Å². The highest BCUT2D eigenvalue weighted by molar-refractivity contribution is 5.76. The van der Waals surface area contributed by atoms with Gasteiger partial charge in [0.2, 0.25) is 5.91 Å². The number of pyridine rings is 1. The summed E-state index contributed by atoms with van der Waals surface area (Å²) in [6.07, 6.45) is 8.73. The lowest BCUT2D eigenvalue weighted by atomic mass is 9.78. The topological polar surface area (TPSA) is 36.4 Å². The molecule has 21 heavy (non-hydrogen) atoms. The van der Waals surface area contributed by atoms with Gasteiger partial charge in [0, 0.05) is 31.9 Å². The van der Waals surface area contributed by atoms with Crippen molar-refractivity contribution in [3.8, 4) is 0 Å². The highest BCUT2D eigenvalue weighted by Gasteiger charge is 2.41. The van der Waals surface area contributed by atoms with E-state index >= 15 is 0 Å². The Hall–Kier alpha value is -1.42. The van der Waals surface area contributed by atoms with Crippen molar-refractivity contribution in [2.45, 2.75) is 32.1 Å². The molecule has 0 bridgehead atoms. The number of carbonyl (C=O) groups is 1. The van der Waals surface area contributed by atoms with Crippen molar-refractivity contribution in [1.29, 1.82) is 0 Å². The molecule has 1 aromatic rings. The quantitative estimate of drug-likeness (QED) is 0.852. The minimum Gasteiger partial charge on any atom is -0.342 e. The van der Waals surface area contributed by atoms with Crippen molar-refractivity contribution < 1.29 is 4.79 Å². The molecular formula is C17H25N3O. The predicted octanol–water partition coefficient (Wildman–Crippen LogP) is 1.96. The molecular weight excluding hydrogens is 262 g/mol. The lowest BCUT2D eigenvalue weighted by Gasteiger charge is -2.37. The maximum atomic E-state index is 12.4. The van der Waals surface area contributed by atoms with Gasteiger partial charge in [-0.2, -0.15) is 0 Å². The zero-order valence-electron chi connectivity index (χ0n) is 12.9. The van der Waals surface area contributed by atoms with E-state index in [1.807, 2.05) is 12.1 Å². The Bertz CT molecular complexity index is 480. The van der Waals surface area contributed by atoms with Gasteiger partial charge in [0.1, 0.15) is 0 Å². The number of aryl methyl sites for hydroxylation is 1. The Balaban J connectivity index is 1.50. The van der Waals surface area contributed by atoms with Gasteiger partial charge in [-0.05, 0) is 68.9 Å². The summed E-state index contributed by atoms with van der Waals surface area (Å²) < 4.78 is 0. The SMILES string of the molecule is CN1CCC2(CC1)CCN(C(=O)CCc1ccncc1)C2. The third-order valence-electron chi connectivity index (χ3n) is 5.22. The molecule has 3 rings (SSSR count). The first-order valence-electron chi connectivity index (χ1n) is 8.02. The third-order valence-corrected chi connectivity index (χ3v) is 5.22. The number of nitrogens with zero attached hydrogens (tertiary/aromatic N) is 3. The number of piperidine rings is 1. The number of aromatic nitrogens is 1. The smallest absolute Gasteiger partial charge is 0.222 e. The zero-order chi connectivity index (χ0) is 14.7. The van der Waals surface area contributed by atoms with Gasteiger partial charge < -0.3 is 9.80 Å². The molecule has 1 spiro atoms. The van der Waals surface area contributed by atoms with E-state index in [1.165, 1.54) is 37.9 Å². The van der Waals surface area contributed by atoms with E-state index in [-0.39, 0.29) is 0 Å². The van der Waals surface area contributed by atoms with Crippen LogP contribution in [-0.4, -0.2) is 53.9 Å². The highest BCUT2D eigenvalue weighted by atomic mass is 16.2. The number of hydrogen-bond donors (Lipinski definition) is 0. The molecule has 0 aliphatic carbocycles. The molecule has 2 aliphatic heterocycles. The summed E-state index contributed by atoms with van der Waals surface area (Å²) >= 11 is 0. The molecule has 4 nitrogen and oxygen atoms in total. The second-order valence-corrected chi connectivity index (χ2v) is 6.72. The maximum Gasteiger partial charge on any atom is 0.222 e. The molecule has 2 saturated heterocycles. The van der Waals surface area contributed by atoms with Gasteiger partial charge in [-0.25, -0.2) is 0 Å². The van der Waals surface area contributed by atoms with Crippen LogP contribution in [0.3, 0.4) is 0 Å². The molecule has 4 heteroatoms. The first-order valence-corrected chi connectivity index (χ1v) is 8.02. The minimum absolute atomic E-state index is 0.322. The molecule has 1 aromatic heterocycles. The Morgan fingerprint density at radius 2 is 1.86 bits per heavy atom. The van der Waals surface area contributed by atoms with Crippen molar-refractivity contribution in [2.75, 3.05) is 33.2 Å². The highest BCUT2D eigenvalue weighted by Crippen LogP contribution is 2.40. The van der Waals surface area contributed by atoms with Gasteiger partial charge in [0.25, 0.3) is 0 Å². The summed E-state index contributed by atoms with van der Waals surface area (Å²) in [5.74, 6) is 0.322. The normalized spacial score (nSPS) is 21.9. The van der Waals surface area contributed by atoms with Crippen LogP contribution >= 0.6 is 0 Å². The van der Waals surface area contributed by atoms with E-state index in [0.29, 0.717) is 17.7 Å². The van der Waals surface area contributed by atoms with Gasteiger partial charge in [-0.3, -0.25) is 9.78 Å². The van der Waals surface area contributed by atoms with Crippen molar-refractivity contribution in [3.63, 3.8) is 0 Å². The monoisotopic (exact) mass is 287 g/mol. The second-order valence-electron chi connectivity index (χ2n) is 6.72. The number of hydrogen-bond acceptors (Lipinski definition) is 3. The fourth-order valence-corrected chi connectivity index (χ4v) is 3.61.